The summed E-state index contributed by atoms with van der Waals surface area (Å²) < 4.78 is 0. The third-order valence-corrected chi connectivity index (χ3v) is 8.07. The number of nitrogens with one attached hydrogen (secondary N) is 1. The average molecular weight is 438 g/mol. The monoisotopic (exact) mass is 437 g/mol. The van der Waals surface area contributed by atoms with Gasteiger partial charge in [0, 0.05) is 58.3 Å². The van der Waals surface area contributed by atoms with Crippen LogP contribution in [0, 0.1) is 11.8 Å². The Bertz CT molecular complexity index is 831. The van der Waals surface area contributed by atoms with E-state index in [1.54, 1.807) is 0 Å². The minimum atomic E-state index is 0.285. The van der Waals surface area contributed by atoms with Crippen LogP contribution in [0.15, 0.2) is 29.3 Å². The van der Waals surface area contributed by atoms with Gasteiger partial charge in [0.2, 0.25) is 5.91 Å². The first-order chi connectivity index (χ1) is 15.7. The van der Waals surface area contributed by atoms with E-state index in [-0.39, 0.29) is 5.91 Å². The molecule has 0 spiro atoms. The Morgan fingerprint density at radius 2 is 1.94 bits per heavy atom. The molecular weight excluding hydrogens is 398 g/mol. The standard InChI is InChI=1S/C26H39N5O/c1-2-27-26(30-13-11-29(12-14-30)24-17-20-8-9-23(24)16-20)28-18-21-5-3-6-22(15-21)19-31-10-4-7-25(31)32/h3,5-6,15,20,23-24H,2,4,7-14,16-19H2,1H3,(H,27,28). The number of fused-ring (bicyclic) bond motifs is 2. The third-order valence-electron chi connectivity index (χ3n) is 8.07. The van der Waals surface area contributed by atoms with Crippen molar-refractivity contribution in [3.8, 4) is 0 Å². The zero-order chi connectivity index (χ0) is 21.9. The van der Waals surface area contributed by atoms with Crippen molar-refractivity contribution in [1.29, 1.82) is 0 Å². The summed E-state index contributed by atoms with van der Waals surface area (Å²) in [5.74, 6) is 3.31. The highest BCUT2D eigenvalue weighted by Gasteiger charge is 2.42. The quantitative estimate of drug-likeness (QED) is 0.549. The van der Waals surface area contributed by atoms with Crippen LogP contribution >= 0.6 is 0 Å². The van der Waals surface area contributed by atoms with Gasteiger partial charge in [0.15, 0.2) is 5.96 Å². The van der Waals surface area contributed by atoms with Crippen molar-refractivity contribution >= 4 is 11.9 Å². The normalized spacial score (nSPS) is 28.7. The second kappa shape index (κ2) is 9.82. The van der Waals surface area contributed by atoms with Gasteiger partial charge in [-0.15, -0.1) is 0 Å². The Labute approximate surface area is 193 Å². The van der Waals surface area contributed by atoms with Crippen molar-refractivity contribution in [2.24, 2.45) is 16.8 Å². The molecule has 1 aromatic carbocycles. The number of nitrogens with zero attached hydrogens (tertiary/aromatic N) is 4. The second-order valence-corrected chi connectivity index (χ2v) is 10.2. The zero-order valence-corrected chi connectivity index (χ0v) is 19.6. The van der Waals surface area contributed by atoms with Gasteiger partial charge in [-0.2, -0.15) is 0 Å². The van der Waals surface area contributed by atoms with Crippen LogP contribution in [0.2, 0.25) is 0 Å². The lowest BCUT2D eigenvalue weighted by molar-refractivity contribution is -0.128. The Hall–Kier alpha value is -2.08. The van der Waals surface area contributed by atoms with Gasteiger partial charge in [0.05, 0.1) is 6.54 Å². The molecule has 174 valence electrons. The molecule has 0 aromatic heterocycles. The van der Waals surface area contributed by atoms with Crippen LogP contribution in [0.1, 0.15) is 56.6 Å². The second-order valence-electron chi connectivity index (χ2n) is 10.2. The highest BCUT2D eigenvalue weighted by Crippen LogP contribution is 2.46. The third kappa shape index (κ3) is 4.80. The van der Waals surface area contributed by atoms with E-state index in [4.69, 9.17) is 4.99 Å². The molecular formula is C26H39N5O. The van der Waals surface area contributed by atoms with Crippen LogP contribution in [-0.4, -0.2) is 71.9 Å². The van der Waals surface area contributed by atoms with Gasteiger partial charge in [0.25, 0.3) is 0 Å². The van der Waals surface area contributed by atoms with Gasteiger partial charge < -0.3 is 15.1 Å². The van der Waals surface area contributed by atoms with Crippen molar-refractivity contribution in [2.75, 3.05) is 39.3 Å². The van der Waals surface area contributed by atoms with Gasteiger partial charge >= 0.3 is 0 Å². The van der Waals surface area contributed by atoms with Crippen molar-refractivity contribution in [2.45, 2.75) is 64.6 Å². The summed E-state index contributed by atoms with van der Waals surface area (Å²) in [6.07, 6.45) is 7.56. The van der Waals surface area contributed by atoms with E-state index in [0.717, 1.165) is 76.1 Å². The van der Waals surface area contributed by atoms with E-state index in [0.29, 0.717) is 13.0 Å². The first-order valence-corrected chi connectivity index (χ1v) is 12.8. The van der Waals surface area contributed by atoms with E-state index in [1.165, 1.54) is 36.8 Å². The summed E-state index contributed by atoms with van der Waals surface area (Å²) in [5.41, 5.74) is 2.42. The van der Waals surface area contributed by atoms with E-state index in [1.807, 2.05) is 4.90 Å². The number of aliphatic imine (C=N–C) groups is 1. The van der Waals surface area contributed by atoms with Crippen LogP contribution in [0.3, 0.4) is 0 Å². The van der Waals surface area contributed by atoms with E-state index < -0.39 is 0 Å². The molecule has 6 heteroatoms. The SMILES string of the molecule is CCNC(=NCc1cccc(CN2CCCC2=O)c1)N1CCN(C2CC3CCC2C3)CC1. The predicted molar refractivity (Wildman–Crippen MR) is 128 cm³/mol. The molecule has 6 nitrogen and oxygen atoms in total. The van der Waals surface area contributed by atoms with Gasteiger partial charge in [-0.3, -0.25) is 9.69 Å². The van der Waals surface area contributed by atoms with E-state index in [9.17, 15) is 4.79 Å². The molecule has 2 aliphatic heterocycles. The molecule has 4 aliphatic rings. The van der Waals surface area contributed by atoms with Crippen LogP contribution in [0.4, 0.5) is 0 Å². The molecule has 1 N–H and O–H groups in total. The molecule has 4 fully saturated rings. The van der Waals surface area contributed by atoms with Crippen LogP contribution < -0.4 is 5.32 Å². The maximum Gasteiger partial charge on any atom is 0.222 e. The smallest absolute Gasteiger partial charge is 0.222 e. The Morgan fingerprint density at radius 1 is 1.09 bits per heavy atom. The maximum absolute atomic E-state index is 12.0. The molecule has 5 rings (SSSR count). The molecule has 32 heavy (non-hydrogen) atoms. The molecule has 0 radical (unpaired) electrons. The van der Waals surface area contributed by atoms with Crippen molar-refractivity contribution in [3.63, 3.8) is 0 Å². The number of hydrogen-bond donors (Lipinski definition) is 1. The number of rotatable bonds is 6. The molecule has 2 bridgehead atoms. The first-order valence-electron chi connectivity index (χ1n) is 12.8. The number of benzene rings is 1. The lowest BCUT2D eigenvalue weighted by Gasteiger charge is -2.42. The summed E-state index contributed by atoms with van der Waals surface area (Å²) in [5, 5.41) is 3.52. The summed E-state index contributed by atoms with van der Waals surface area (Å²) >= 11 is 0. The van der Waals surface area contributed by atoms with Crippen LogP contribution in [0.5, 0.6) is 0 Å². The number of carbonyl (C=O) groups is 1. The Kier molecular flexibility index (Phi) is 6.67. The minimum Gasteiger partial charge on any atom is -0.357 e. The number of carbonyl (C=O) groups excluding carboxylic acids is 1. The van der Waals surface area contributed by atoms with Gasteiger partial charge in [0.1, 0.15) is 0 Å². The van der Waals surface area contributed by atoms with Crippen molar-refractivity contribution in [1.82, 2.24) is 20.0 Å². The van der Waals surface area contributed by atoms with Crippen molar-refractivity contribution in [3.05, 3.63) is 35.4 Å². The fourth-order valence-corrected chi connectivity index (χ4v) is 6.43. The highest BCUT2D eigenvalue weighted by molar-refractivity contribution is 5.80. The molecule has 1 amide bonds. The molecule has 2 saturated heterocycles. The van der Waals surface area contributed by atoms with Gasteiger partial charge in [-0.1, -0.05) is 30.7 Å². The summed E-state index contributed by atoms with van der Waals surface area (Å²) in [6, 6.07) is 9.43. The molecule has 3 unspecified atom stereocenters. The lowest BCUT2D eigenvalue weighted by atomic mass is 9.93. The Balaban J connectivity index is 1.17. The Morgan fingerprint density at radius 3 is 2.62 bits per heavy atom. The summed E-state index contributed by atoms with van der Waals surface area (Å²) in [7, 11) is 0. The topological polar surface area (TPSA) is 51.2 Å². The highest BCUT2D eigenvalue weighted by atomic mass is 16.2. The number of guanidine groups is 1. The van der Waals surface area contributed by atoms with E-state index >= 15 is 0 Å². The van der Waals surface area contributed by atoms with Gasteiger partial charge in [-0.25, -0.2) is 4.99 Å². The lowest BCUT2D eigenvalue weighted by Crippen LogP contribution is -2.55. The fourth-order valence-electron chi connectivity index (χ4n) is 6.43. The van der Waals surface area contributed by atoms with Crippen LogP contribution in [-0.2, 0) is 17.9 Å². The van der Waals surface area contributed by atoms with E-state index in [2.05, 4.69) is 46.3 Å². The average Bonchev–Trinajstić information content (AvgIpc) is 3.55. The zero-order valence-electron chi connectivity index (χ0n) is 19.6. The first kappa shape index (κ1) is 21.7. The predicted octanol–water partition coefficient (Wildman–Crippen LogP) is 3.08. The molecule has 1 aromatic rings. The van der Waals surface area contributed by atoms with Crippen LogP contribution in [0.25, 0.3) is 0 Å². The number of piperazine rings is 1. The number of likely N-dealkylation sites (tertiary alicyclic amines) is 1. The minimum absolute atomic E-state index is 0.285. The number of hydrogen-bond acceptors (Lipinski definition) is 3. The summed E-state index contributed by atoms with van der Waals surface area (Å²) in [6.45, 7) is 9.79. The molecule has 3 atom stereocenters. The summed E-state index contributed by atoms with van der Waals surface area (Å²) in [4.78, 5) is 24.1. The largest absolute Gasteiger partial charge is 0.357 e. The molecule has 2 saturated carbocycles. The number of amides is 1. The molecule has 2 aliphatic carbocycles. The maximum atomic E-state index is 12.0. The fraction of sp³-hybridized carbons (Fsp3) is 0.692. The molecule has 2 heterocycles. The van der Waals surface area contributed by atoms with Gasteiger partial charge in [-0.05, 0) is 55.6 Å². The van der Waals surface area contributed by atoms with Crippen molar-refractivity contribution < 1.29 is 4.79 Å².